The van der Waals surface area contributed by atoms with Crippen LogP contribution in [0, 0.1) is 5.41 Å². The Bertz CT molecular complexity index is 543. The van der Waals surface area contributed by atoms with Crippen LogP contribution in [0.4, 0.5) is 0 Å². The Kier molecular flexibility index (Phi) is 4.07. The van der Waals surface area contributed by atoms with Crippen LogP contribution in [0.1, 0.15) is 37.8 Å². The summed E-state index contributed by atoms with van der Waals surface area (Å²) in [4.78, 5) is 17.7. The molecule has 3 fully saturated rings. The maximum absolute atomic E-state index is 13.2. The van der Waals surface area contributed by atoms with Gasteiger partial charge >= 0.3 is 0 Å². The lowest BCUT2D eigenvalue weighted by molar-refractivity contribution is -0.150. The third-order valence-corrected chi connectivity index (χ3v) is 5.68. The van der Waals surface area contributed by atoms with Crippen molar-refractivity contribution in [3.05, 3.63) is 11.9 Å². The van der Waals surface area contributed by atoms with Crippen LogP contribution in [-0.2, 0) is 16.1 Å². The fourth-order valence-corrected chi connectivity index (χ4v) is 4.45. The van der Waals surface area contributed by atoms with Crippen LogP contribution in [0.2, 0.25) is 0 Å². The third kappa shape index (κ3) is 2.87. The van der Waals surface area contributed by atoms with Crippen LogP contribution >= 0.6 is 0 Å². The summed E-state index contributed by atoms with van der Waals surface area (Å²) in [7, 11) is 0. The zero-order valence-electron chi connectivity index (χ0n) is 13.5. The van der Waals surface area contributed by atoms with Crippen LogP contribution in [-0.4, -0.2) is 70.0 Å². The highest BCUT2D eigenvalue weighted by Crippen LogP contribution is 2.41. The van der Waals surface area contributed by atoms with Gasteiger partial charge in [-0.25, -0.2) is 0 Å². The number of hydrogen-bond acceptors (Lipinski definition) is 5. The molecule has 126 valence electrons. The van der Waals surface area contributed by atoms with E-state index in [1.807, 2.05) is 0 Å². The van der Waals surface area contributed by atoms with E-state index in [0.29, 0.717) is 11.9 Å². The van der Waals surface area contributed by atoms with Crippen LogP contribution in [0.5, 0.6) is 0 Å². The number of hydrogen-bond donors (Lipinski definition) is 1. The Labute approximate surface area is 136 Å². The summed E-state index contributed by atoms with van der Waals surface area (Å²) in [5.74, 6) is 0.387. The highest BCUT2D eigenvalue weighted by molar-refractivity contribution is 5.84. The summed E-state index contributed by atoms with van der Waals surface area (Å²) in [6, 6.07) is 0.387. The first-order valence-electron chi connectivity index (χ1n) is 8.73. The maximum Gasteiger partial charge on any atom is 0.230 e. The summed E-state index contributed by atoms with van der Waals surface area (Å²) in [5.41, 5.74) is 0.784. The smallest absolute Gasteiger partial charge is 0.230 e. The van der Waals surface area contributed by atoms with Crippen LogP contribution in [0.3, 0.4) is 0 Å². The van der Waals surface area contributed by atoms with E-state index in [-0.39, 0.29) is 5.41 Å². The first-order chi connectivity index (χ1) is 11.3. The van der Waals surface area contributed by atoms with Crippen LogP contribution in [0.25, 0.3) is 0 Å². The number of amides is 1. The van der Waals surface area contributed by atoms with Crippen molar-refractivity contribution in [2.45, 2.75) is 44.7 Å². The predicted molar refractivity (Wildman–Crippen MR) is 83.5 cm³/mol. The molecule has 23 heavy (non-hydrogen) atoms. The molecule has 7 nitrogen and oxygen atoms in total. The SMILES string of the molecule is O=C1N(C2CCOCC2)CCC[C@@]12CCN(Cc1cn[nH]n1)C2. The zero-order chi connectivity index (χ0) is 15.7. The van der Waals surface area contributed by atoms with E-state index in [1.54, 1.807) is 6.20 Å². The van der Waals surface area contributed by atoms with Gasteiger partial charge in [-0.15, -0.1) is 0 Å². The molecule has 0 unspecified atom stereocenters. The number of piperidine rings is 1. The summed E-state index contributed by atoms with van der Waals surface area (Å²) in [6.07, 6.45) is 6.88. The van der Waals surface area contributed by atoms with Gasteiger partial charge in [0.2, 0.25) is 5.91 Å². The maximum atomic E-state index is 13.2. The van der Waals surface area contributed by atoms with Crippen molar-refractivity contribution in [3.8, 4) is 0 Å². The fraction of sp³-hybridized carbons (Fsp3) is 0.812. The molecular weight excluding hydrogens is 294 g/mol. The van der Waals surface area contributed by atoms with Gasteiger partial charge in [0.05, 0.1) is 17.3 Å². The van der Waals surface area contributed by atoms with E-state index in [9.17, 15) is 4.79 Å². The first kappa shape index (κ1) is 15.1. The topological polar surface area (TPSA) is 74.3 Å². The first-order valence-corrected chi connectivity index (χ1v) is 8.73. The molecular formula is C16H25N5O2. The number of aromatic nitrogens is 3. The molecule has 1 aromatic rings. The van der Waals surface area contributed by atoms with Gasteiger partial charge in [-0.2, -0.15) is 15.4 Å². The minimum atomic E-state index is -0.166. The fourth-order valence-electron chi connectivity index (χ4n) is 4.45. The molecule has 0 bridgehead atoms. The molecule has 1 atom stereocenters. The Morgan fingerprint density at radius 2 is 2.17 bits per heavy atom. The quantitative estimate of drug-likeness (QED) is 0.892. The minimum absolute atomic E-state index is 0.166. The highest BCUT2D eigenvalue weighted by Gasteiger charge is 2.49. The van der Waals surface area contributed by atoms with Crippen molar-refractivity contribution in [3.63, 3.8) is 0 Å². The van der Waals surface area contributed by atoms with Gasteiger partial charge in [0.25, 0.3) is 0 Å². The van der Waals surface area contributed by atoms with Gasteiger partial charge in [-0.1, -0.05) is 0 Å². The van der Waals surface area contributed by atoms with Crippen LogP contribution in [0.15, 0.2) is 6.20 Å². The number of rotatable bonds is 3. The molecule has 1 aromatic heterocycles. The number of ether oxygens (including phenoxy) is 1. The van der Waals surface area contributed by atoms with Crippen molar-refractivity contribution < 1.29 is 9.53 Å². The van der Waals surface area contributed by atoms with E-state index < -0.39 is 0 Å². The van der Waals surface area contributed by atoms with E-state index in [4.69, 9.17) is 4.74 Å². The van der Waals surface area contributed by atoms with Gasteiger partial charge in [-0.05, 0) is 38.6 Å². The number of aromatic amines is 1. The van der Waals surface area contributed by atoms with Crippen molar-refractivity contribution >= 4 is 5.91 Å². The number of carbonyl (C=O) groups excluding carboxylic acids is 1. The van der Waals surface area contributed by atoms with E-state index in [0.717, 1.165) is 77.2 Å². The van der Waals surface area contributed by atoms with Crippen molar-refractivity contribution in [2.24, 2.45) is 5.41 Å². The number of H-pyrrole nitrogens is 1. The van der Waals surface area contributed by atoms with Crippen molar-refractivity contribution in [1.29, 1.82) is 0 Å². The van der Waals surface area contributed by atoms with Gasteiger partial charge in [0.15, 0.2) is 0 Å². The van der Waals surface area contributed by atoms with Gasteiger partial charge < -0.3 is 9.64 Å². The second-order valence-corrected chi connectivity index (χ2v) is 7.15. The molecule has 4 heterocycles. The monoisotopic (exact) mass is 319 g/mol. The molecule has 0 radical (unpaired) electrons. The highest BCUT2D eigenvalue weighted by atomic mass is 16.5. The second kappa shape index (κ2) is 6.20. The molecule has 3 saturated heterocycles. The molecule has 1 amide bonds. The second-order valence-electron chi connectivity index (χ2n) is 7.15. The molecule has 0 aromatic carbocycles. The molecule has 1 spiro atoms. The summed E-state index contributed by atoms with van der Waals surface area (Å²) in [6.45, 7) is 5.12. The average molecular weight is 319 g/mol. The number of likely N-dealkylation sites (tertiary alicyclic amines) is 2. The lowest BCUT2D eigenvalue weighted by Gasteiger charge is -2.44. The normalized spacial score (nSPS) is 30.4. The molecule has 3 aliphatic rings. The summed E-state index contributed by atoms with van der Waals surface area (Å²) >= 11 is 0. The van der Waals surface area contributed by atoms with Crippen molar-refractivity contribution in [1.82, 2.24) is 25.2 Å². The minimum Gasteiger partial charge on any atom is -0.381 e. The third-order valence-electron chi connectivity index (χ3n) is 5.68. The van der Waals surface area contributed by atoms with Crippen molar-refractivity contribution in [2.75, 3.05) is 32.8 Å². The molecule has 1 N–H and O–H groups in total. The van der Waals surface area contributed by atoms with Gasteiger partial charge in [0.1, 0.15) is 0 Å². The standard InChI is InChI=1S/C16H25N5O2/c22-15-16(4-1-6-21(15)14-2-8-23-9-3-14)5-7-20(12-16)11-13-10-17-19-18-13/h10,14H,1-9,11-12H2,(H,17,18,19)/t16-/m0/s1. The molecule has 0 aliphatic carbocycles. The lowest BCUT2D eigenvalue weighted by Crippen LogP contribution is -2.54. The van der Waals surface area contributed by atoms with E-state index in [2.05, 4.69) is 25.2 Å². The largest absolute Gasteiger partial charge is 0.381 e. The predicted octanol–water partition coefficient (Wildman–Crippen LogP) is 0.798. The molecule has 3 aliphatic heterocycles. The Morgan fingerprint density at radius 3 is 2.96 bits per heavy atom. The van der Waals surface area contributed by atoms with Gasteiger partial charge in [0, 0.05) is 38.9 Å². The molecule has 0 saturated carbocycles. The Morgan fingerprint density at radius 1 is 1.30 bits per heavy atom. The van der Waals surface area contributed by atoms with E-state index in [1.165, 1.54) is 0 Å². The molecule has 7 heteroatoms. The number of carbonyl (C=O) groups is 1. The Hall–Kier alpha value is -1.47. The molecule has 4 rings (SSSR count). The average Bonchev–Trinajstić information content (AvgIpc) is 3.23. The Balaban J connectivity index is 1.44. The van der Waals surface area contributed by atoms with Crippen LogP contribution < -0.4 is 0 Å². The summed E-state index contributed by atoms with van der Waals surface area (Å²) in [5, 5.41) is 10.7. The lowest BCUT2D eigenvalue weighted by atomic mass is 9.77. The van der Waals surface area contributed by atoms with Gasteiger partial charge in [-0.3, -0.25) is 9.69 Å². The summed E-state index contributed by atoms with van der Waals surface area (Å²) < 4.78 is 5.46. The number of nitrogens with one attached hydrogen (secondary N) is 1. The number of nitrogens with zero attached hydrogens (tertiary/aromatic N) is 4. The zero-order valence-corrected chi connectivity index (χ0v) is 13.5. The van der Waals surface area contributed by atoms with E-state index >= 15 is 0 Å².